The number of hydrogen-bond acceptors (Lipinski definition) is 4. The van der Waals surface area contributed by atoms with Gasteiger partial charge in [-0.3, -0.25) is 9.59 Å². The quantitative estimate of drug-likeness (QED) is 0.864. The van der Waals surface area contributed by atoms with Crippen molar-refractivity contribution in [1.82, 2.24) is 15.1 Å². The second kappa shape index (κ2) is 5.64. The van der Waals surface area contributed by atoms with Gasteiger partial charge in [0.1, 0.15) is 0 Å². The number of rotatable bonds is 3. The standard InChI is InChI=1S/C21H25N3O3/c1-24-19(26)16-5-3-2-4-15(16)17(23-24)7-18(25)22-20-8-13-6-14(9-20)11-21(27,10-13)12-20/h2-5,13-14,27H,6-12H2,1H3,(H,22,25). The van der Waals surface area contributed by atoms with E-state index in [0.717, 1.165) is 31.1 Å². The molecule has 0 aliphatic heterocycles. The first kappa shape index (κ1) is 16.9. The minimum Gasteiger partial charge on any atom is -0.390 e. The number of carbonyl (C=O) groups excluding carboxylic acids is 1. The monoisotopic (exact) mass is 367 g/mol. The summed E-state index contributed by atoms with van der Waals surface area (Å²) >= 11 is 0. The first-order chi connectivity index (χ1) is 12.8. The molecule has 2 atom stereocenters. The zero-order valence-electron chi connectivity index (χ0n) is 15.6. The minimum absolute atomic E-state index is 0.0724. The van der Waals surface area contributed by atoms with Gasteiger partial charge in [0.2, 0.25) is 5.91 Å². The third kappa shape index (κ3) is 2.78. The molecule has 4 aliphatic carbocycles. The Morgan fingerprint density at radius 2 is 1.89 bits per heavy atom. The molecule has 4 fully saturated rings. The summed E-state index contributed by atoms with van der Waals surface area (Å²) in [6.45, 7) is 0. The van der Waals surface area contributed by atoms with Crippen LogP contribution in [0.1, 0.15) is 44.2 Å². The molecule has 1 amide bonds. The molecule has 1 heterocycles. The summed E-state index contributed by atoms with van der Waals surface area (Å²) in [5.74, 6) is 0.970. The highest BCUT2D eigenvalue weighted by Crippen LogP contribution is 2.57. The Morgan fingerprint density at radius 3 is 2.56 bits per heavy atom. The van der Waals surface area contributed by atoms with Gasteiger partial charge in [-0.2, -0.15) is 5.10 Å². The fraction of sp³-hybridized carbons (Fsp3) is 0.571. The Morgan fingerprint density at radius 1 is 1.22 bits per heavy atom. The number of hydrogen-bond donors (Lipinski definition) is 2. The Labute approximate surface area is 157 Å². The summed E-state index contributed by atoms with van der Waals surface area (Å²) in [5, 5.41) is 19.8. The molecule has 4 bridgehead atoms. The van der Waals surface area contributed by atoms with Crippen LogP contribution in [-0.2, 0) is 18.3 Å². The summed E-state index contributed by atoms with van der Waals surface area (Å²) < 4.78 is 1.30. The zero-order valence-corrected chi connectivity index (χ0v) is 15.6. The molecule has 0 radical (unpaired) electrons. The van der Waals surface area contributed by atoms with Crippen molar-refractivity contribution in [2.45, 2.75) is 56.1 Å². The maximum Gasteiger partial charge on any atom is 0.274 e. The van der Waals surface area contributed by atoms with Gasteiger partial charge >= 0.3 is 0 Å². The van der Waals surface area contributed by atoms with Crippen molar-refractivity contribution in [3.63, 3.8) is 0 Å². The average Bonchev–Trinajstić information content (AvgIpc) is 2.56. The van der Waals surface area contributed by atoms with Gasteiger partial charge in [-0.1, -0.05) is 18.2 Å². The van der Waals surface area contributed by atoms with Gasteiger partial charge in [-0.15, -0.1) is 0 Å². The van der Waals surface area contributed by atoms with Crippen LogP contribution in [0.2, 0.25) is 0 Å². The van der Waals surface area contributed by atoms with E-state index in [0.29, 0.717) is 29.3 Å². The molecular formula is C21H25N3O3. The van der Waals surface area contributed by atoms with Gasteiger partial charge in [0.15, 0.2) is 0 Å². The molecule has 0 saturated heterocycles. The number of aromatic nitrogens is 2. The lowest BCUT2D eigenvalue weighted by Gasteiger charge is -2.60. The van der Waals surface area contributed by atoms with Gasteiger partial charge in [0.25, 0.3) is 5.56 Å². The van der Waals surface area contributed by atoms with Crippen LogP contribution in [0.15, 0.2) is 29.1 Å². The molecule has 1 aromatic carbocycles. The molecule has 0 spiro atoms. The van der Waals surface area contributed by atoms with E-state index in [1.54, 1.807) is 13.1 Å². The van der Waals surface area contributed by atoms with Crippen LogP contribution in [0.3, 0.4) is 0 Å². The molecule has 142 valence electrons. The van der Waals surface area contributed by atoms with Crippen molar-refractivity contribution in [2.75, 3.05) is 0 Å². The Kier molecular flexibility index (Phi) is 3.54. The zero-order chi connectivity index (χ0) is 18.8. The Hall–Kier alpha value is -2.21. The second-order valence-corrected chi connectivity index (χ2v) is 9.11. The van der Waals surface area contributed by atoms with Crippen LogP contribution in [0.4, 0.5) is 0 Å². The molecule has 1 aromatic heterocycles. The van der Waals surface area contributed by atoms with Gasteiger partial charge < -0.3 is 10.4 Å². The summed E-state index contributed by atoms with van der Waals surface area (Å²) in [5.41, 5.74) is -0.405. The lowest BCUT2D eigenvalue weighted by atomic mass is 9.51. The molecule has 2 unspecified atom stereocenters. The smallest absolute Gasteiger partial charge is 0.274 e. The van der Waals surface area contributed by atoms with Gasteiger partial charge in [0.05, 0.1) is 23.1 Å². The van der Waals surface area contributed by atoms with E-state index < -0.39 is 5.60 Å². The highest BCUT2D eigenvalue weighted by atomic mass is 16.3. The largest absolute Gasteiger partial charge is 0.390 e. The first-order valence-corrected chi connectivity index (χ1v) is 9.83. The topological polar surface area (TPSA) is 84.2 Å². The Bertz CT molecular complexity index is 982. The fourth-order valence-electron chi connectivity index (χ4n) is 6.36. The number of aliphatic hydroxyl groups is 1. The molecular weight excluding hydrogens is 342 g/mol. The number of nitrogens with zero attached hydrogens (tertiary/aromatic N) is 2. The van der Waals surface area contributed by atoms with Crippen molar-refractivity contribution in [3.05, 3.63) is 40.3 Å². The first-order valence-electron chi connectivity index (χ1n) is 9.83. The van der Waals surface area contributed by atoms with E-state index >= 15 is 0 Å². The SMILES string of the molecule is Cn1nc(CC(=O)NC23CC4CC(CC(O)(C4)C2)C3)c2ccccc2c1=O. The van der Waals surface area contributed by atoms with E-state index in [1.165, 1.54) is 11.1 Å². The predicted octanol–water partition coefficient (Wildman–Crippen LogP) is 1.68. The van der Waals surface area contributed by atoms with Crippen molar-refractivity contribution >= 4 is 16.7 Å². The average molecular weight is 367 g/mol. The molecule has 6 nitrogen and oxygen atoms in total. The third-order valence-corrected chi connectivity index (χ3v) is 6.80. The maximum atomic E-state index is 12.9. The second-order valence-electron chi connectivity index (χ2n) is 9.11. The molecule has 6 heteroatoms. The number of carbonyl (C=O) groups is 1. The van der Waals surface area contributed by atoms with Crippen molar-refractivity contribution in [2.24, 2.45) is 18.9 Å². The highest BCUT2D eigenvalue weighted by Gasteiger charge is 2.57. The van der Waals surface area contributed by atoms with Crippen molar-refractivity contribution < 1.29 is 9.90 Å². The van der Waals surface area contributed by atoms with Crippen LogP contribution in [0.5, 0.6) is 0 Å². The summed E-state index contributed by atoms with van der Waals surface area (Å²) in [4.78, 5) is 25.2. The normalized spacial score (nSPS) is 34.1. The van der Waals surface area contributed by atoms with Crippen LogP contribution >= 0.6 is 0 Å². The van der Waals surface area contributed by atoms with Crippen LogP contribution in [-0.4, -0.2) is 31.9 Å². The number of aryl methyl sites for hydroxylation is 1. The number of amides is 1. The Balaban J connectivity index is 1.41. The van der Waals surface area contributed by atoms with Crippen LogP contribution in [0.25, 0.3) is 10.8 Å². The molecule has 2 N–H and O–H groups in total. The minimum atomic E-state index is -0.598. The lowest BCUT2D eigenvalue weighted by molar-refractivity contribution is -0.150. The fourth-order valence-corrected chi connectivity index (χ4v) is 6.36. The maximum absolute atomic E-state index is 12.9. The third-order valence-electron chi connectivity index (χ3n) is 6.80. The van der Waals surface area contributed by atoms with E-state index in [4.69, 9.17) is 0 Å². The van der Waals surface area contributed by atoms with Gasteiger partial charge in [0, 0.05) is 18.0 Å². The van der Waals surface area contributed by atoms with Crippen molar-refractivity contribution in [1.29, 1.82) is 0 Å². The predicted molar refractivity (Wildman–Crippen MR) is 101 cm³/mol. The van der Waals surface area contributed by atoms with E-state index in [1.807, 2.05) is 18.2 Å². The lowest BCUT2D eigenvalue weighted by Crippen LogP contribution is -2.65. The van der Waals surface area contributed by atoms with E-state index in [9.17, 15) is 14.7 Å². The highest BCUT2D eigenvalue weighted by molar-refractivity contribution is 5.88. The van der Waals surface area contributed by atoms with Crippen LogP contribution in [0, 0.1) is 11.8 Å². The molecule has 27 heavy (non-hydrogen) atoms. The van der Waals surface area contributed by atoms with Gasteiger partial charge in [-0.05, 0) is 56.4 Å². The summed E-state index contributed by atoms with van der Waals surface area (Å²) in [6, 6.07) is 7.30. The van der Waals surface area contributed by atoms with Crippen molar-refractivity contribution in [3.8, 4) is 0 Å². The number of benzene rings is 1. The van der Waals surface area contributed by atoms with Crippen LogP contribution < -0.4 is 10.9 Å². The number of fused-ring (bicyclic) bond motifs is 1. The molecule has 4 saturated carbocycles. The van der Waals surface area contributed by atoms with E-state index in [2.05, 4.69) is 10.4 Å². The summed E-state index contributed by atoms with van der Waals surface area (Å²) in [7, 11) is 1.62. The molecule has 4 aliphatic rings. The van der Waals surface area contributed by atoms with Gasteiger partial charge in [-0.25, -0.2) is 4.68 Å². The molecule has 6 rings (SSSR count). The summed E-state index contributed by atoms with van der Waals surface area (Å²) in [6.07, 6.45) is 5.71. The van der Waals surface area contributed by atoms with E-state index in [-0.39, 0.29) is 23.4 Å². The molecule has 2 aromatic rings. The number of nitrogens with one attached hydrogen (secondary N) is 1.